The van der Waals surface area contributed by atoms with E-state index >= 15 is 0 Å². The third-order valence-corrected chi connectivity index (χ3v) is 7.37. The van der Waals surface area contributed by atoms with Gasteiger partial charge < -0.3 is 19.1 Å². The molecule has 0 N–H and O–H groups in total. The van der Waals surface area contributed by atoms with Gasteiger partial charge in [0.2, 0.25) is 5.16 Å². The van der Waals surface area contributed by atoms with Crippen LogP contribution < -0.4 is 9.47 Å². The quantitative estimate of drug-likeness (QED) is 0.238. The van der Waals surface area contributed by atoms with Crippen LogP contribution in [0.15, 0.2) is 66.0 Å². The Morgan fingerprint density at radius 2 is 1.79 bits per heavy atom. The average molecular weight is 605 g/mol. The molecule has 2 heterocycles. The highest BCUT2D eigenvalue weighted by atomic mass is 32.2. The molecule has 222 valence electrons. The molecule has 0 aliphatic rings. The van der Waals surface area contributed by atoms with Crippen LogP contribution in [0.5, 0.6) is 11.5 Å². The number of hydrogen-bond acceptors (Lipinski definition) is 8. The summed E-state index contributed by atoms with van der Waals surface area (Å²) in [6, 6.07) is 13.8. The van der Waals surface area contributed by atoms with Crippen molar-refractivity contribution in [3.63, 3.8) is 0 Å². The molecule has 0 fully saturated rings. The van der Waals surface area contributed by atoms with E-state index in [-0.39, 0.29) is 35.5 Å². The number of fused-ring (bicyclic) bond motifs is 1. The van der Waals surface area contributed by atoms with E-state index in [1.54, 1.807) is 48.5 Å². The Morgan fingerprint density at radius 3 is 2.48 bits per heavy atom. The molecule has 0 saturated heterocycles. The molecule has 0 unspecified atom stereocenters. The molecular weight excluding hydrogens is 577 g/mol. The van der Waals surface area contributed by atoms with Crippen LogP contribution in [0.1, 0.15) is 21.6 Å². The van der Waals surface area contributed by atoms with E-state index in [9.17, 15) is 27.0 Å². The van der Waals surface area contributed by atoms with E-state index in [1.165, 1.54) is 42.8 Å². The molecule has 10 nitrogen and oxygen atoms in total. The molecule has 1 atom stereocenters. The van der Waals surface area contributed by atoms with Gasteiger partial charge in [-0.15, -0.1) is 0 Å². The van der Waals surface area contributed by atoms with Crippen molar-refractivity contribution in [3.05, 3.63) is 77.6 Å². The van der Waals surface area contributed by atoms with Gasteiger partial charge in [0.25, 0.3) is 0 Å². The first-order valence-corrected chi connectivity index (χ1v) is 13.9. The highest BCUT2D eigenvalue weighted by Gasteiger charge is 2.29. The van der Waals surface area contributed by atoms with Crippen LogP contribution in [-0.2, 0) is 21.3 Å². The Morgan fingerprint density at radius 1 is 1.07 bits per heavy atom. The van der Waals surface area contributed by atoms with Crippen molar-refractivity contribution in [3.8, 4) is 11.5 Å². The zero-order valence-corrected chi connectivity index (χ0v) is 23.7. The number of benzene rings is 2. The van der Waals surface area contributed by atoms with Crippen molar-refractivity contribution < 1.29 is 41.2 Å². The lowest BCUT2D eigenvalue weighted by atomic mass is 10.2. The highest BCUT2D eigenvalue weighted by Crippen LogP contribution is 2.26. The first-order valence-electron chi connectivity index (χ1n) is 12.5. The molecule has 0 spiro atoms. The molecule has 14 heteroatoms. The Bertz CT molecular complexity index is 1610. The number of esters is 1. The summed E-state index contributed by atoms with van der Waals surface area (Å²) in [5.41, 5.74) is 1.66. The fourth-order valence-electron chi connectivity index (χ4n) is 3.90. The summed E-state index contributed by atoms with van der Waals surface area (Å²) in [6.07, 6.45) is -3.26. The van der Waals surface area contributed by atoms with Crippen molar-refractivity contribution in [2.75, 3.05) is 33.9 Å². The van der Waals surface area contributed by atoms with E-state index in [2.05, 4.69) is 9.97 Å². The van der Waals surface area contributed by atoms with Crippen molar-refractivity contribution in [1.29, 1.82) is 0 Å². The van der Waals surface area contributed by atoms with Crippen LogP contribution in [0.2, 0.25) is 0 Å². The second-order valence-electron chi connectivity index (χ2n) is 9.06. The topological polar surface area (TPSA) is 113 Å². The summed E-state index contributed by atoms with van der Waals surface area (Å²) in [6.45, 7) is -0.0443. The number of pyridine rings is 1. The largest absolute Gasteiger partial charge is 0.497 e. The highest BCUT2D eigenvalue weighted by molar-refractivity contribution is 7.84. The van der Waals surface area contributed by atoms with Crippen molar-refractivity contribution in [1.82, 2.24) is 19.4 Å². The number of carbonyl (C=O) groups is 2. The molecule has 0 bridgehead atoms. The predicted molar refractivity (Wildman–Crippen MR) is 147 cm³/mol. The van der Waals surface area contributed by atoms with Gasteiger partial charge in [-0.3, -0.25) is 9.19 Å². The first-order chi connectivity index (χ1) is 20.0. The fourth-order valence-corrected chi connectivity index (χ4v) is 5.15. The molecule has 4 aromatic rings. The van der Waals surface area contributed by atoms with Crippen LogP contribution >= 0.6 is 0 Å². The molecule has 0 radical (unpaired) electrons. The second kappa shape index (κ2) is 13.0. The van der Waals surface area contributed by atoms with E-state index in [1.807, 2.05) is 0 Å². The molecular formula is C28H27F3N4O6S. The number of carbonyl (C=O) groups excluding carboxylic acids is 2. The molecule has 2 aromatic carbocycles. The van der Waals surface area contributed by atoms with Gasteiger partial charge in [-0.25, -0.2) is 19.1 Å². The van der Waals surface area contributed by atoms with Gasteiger partial charge in [0.1, 0.15) is 18.1 Å². The summed E-state index contributed by atoms with van der Waals surface area (Å²) in [5, 5.41) is -0.0638. The zero-order valence-electron chi connectivity index (χ0n) is 22.9. The molecule has 0 aliphatic heterocycles. The van der Waals surface area contributed by atoms with E-state index in [0.29, 0.717) is 27.9 Å². The van der Waals surface area contributed by atoms with E-state index in [0.717, 1.165) is 0 Å². The number of ether oxygens (including phenoxy) is 3. The Balaban J connectivity index is 1.50. The Kier molecular flexibility index (Phi) is 9.45. The number of amides is 1. The standard InChI is InChI=1S/C28H27F3N4O6S/c1-18-22(32-13-12-24(18)41-17-28(29,30)31)16-42(38)26-33-21-6-4-5-7-23(21)35(26)27(37)34(2)14-15-40-25(36)19-8-10-20(39-3)11-9-19/h4-13H,14-17H2,1-3H3/t42-/m0/s1. The third-order valence-electron chi connectivity index (χ3n) is 6.15. The van der Waals surface area contributed by atoms with Crippen LogP contribution in [0.4, 0.5) is 18.0 Å². The maximum Gasteiger partial charge on any atom is 0.422 e. The maximum atomic E-state index is 13.5. The number of nitrogens with zero attached hydrogens (tertiary/aromatic N) is 4. The first kappa shape index (κ1) is 30.5. The van der Waals surface area contributed by atoms with Crippen LogP contribution in [0.3, 0.4) is 0 Å². The SMILES string of the molecule is COc1ccc(C(=O)OCCN(C)C(=O)n2c([S@@](=O)Cc3nccc(OCC(F)(F)F)c3C)nc3ccccc32)cc1. The van der Waals surface area contributed by atoms with Gasteiger partial charge in [-0.05, 0) is 49.4 Å². The molecule has 0 saturated carbocycles. The second-order valence-corrected chi connectivity index (χ2v) is 10.4. The van der Waals surface area contributed by atoms with Gasteiger partial charge in [-0.1, -0.05) is 12.1 Å². The number of aromatic nitrogens is 3. The Labute approximate surface area is 241 Å². The van der Waals surface area contributed by atoms with E-state index in [4.69, 9.17) is 14.2 Å². The van der Waals surface area contributed by atoms with Gasteiger partial charge in [0.05, 0.1) is 52.5 Å². The monoisotopic (exact) mass is 604 g/mol. The lowest BCUT2D eigenvalue weighted by Crippen LogP contribution is -2.35. The number of para-hydroxylation sites is 2. The lowest BCUT2D eigenvalue weighted by molar-refractivity contribution is -0.153. The minimum atomic E-state index is -4.52. The summed E-state index contributed by atoms with van der Waals surface area (Å²) in [5.74, 6) is -0.249. The summed E-state index contributed by atoms with van der Waals surface area (Å²) in [7, 11) is 1.08. The number of likely N-dealkylation sites (N-methyl/N-ethyl adjacent to an activating group) is 1. The molecule has 0 aliphatic carbocycles. The maximum absolute atomic E-state index is 13.5. The molecule has 4 rings (SSSR count). The van der Waals surface area contributed by atoms with Crippen molar-refractivity contribution in [2.24, 2.45) is 0 Å². The summed E-state index contributed by atoms with van der Waals surface area (Å²) < 4.78 is 67.9. The molecule has 1 amide bonds. The zero-order chi connectivity index (χ0) is 30.4. The minimum absolute atomic E-state index is 0.0264. The number of rotatable bonds is 10. The number of imidazole rings is 1. The van der Waals surface area contributed by atoms with Crippen molar-refractivity contribution >= 4 is 33.8 Å². The molecule has 2 aromatic heterocycles. The van der Waals surface area contributed by atoms with Gasteiger partial charge >= 0.3 is 18.2 Å². The number of hydrogen-bond donors (Lipinski definition) is 0. The third kappa shape index (κ3) is 7.24. The fraction of sp³-hybridized carbons (Fsp3) is 0.286. The van der Waals surface area contributed by atoms with Crippen LogP contribution in [0, 0.1) is 6.92 Å². The van der Waals surface area contributed by atoms with Gasteiger partial charge in [0.15, 0.2) is 6.61 Å². The van der Waals surface area contributed by atoms with Gasteiger partial charge in [0, 0.05) is 18.8 Å². The Hall–Kier alpha value is -4.46. The summed E-state index contributed by atoms with van der Waals surface area (Å²) >= 11 is 0. The van der Waals surface area contributed by atoms with Crippen LogP contribution in [0.25, 0.3) is 11.0 Å². The van der Waals surface area contributed by atoms with Crippen LogP contribution in [-0.4, -0.2) is 75.7 Å². The average Bonchev–Trinajstić information content (AvgIpc) is 3.36. The summed E-state index contributed by atoms with van der Waals surface area (Å²) in [4.78, 5) is 35.8. The smallest absolute Gasteiger partial charge is 0.422 e. The number of alkyl halides is 3. The molecule has 42 heavy (non-hydrogen) atoms. The number of halogens is 3. The van der Waals surface area contributed by atoms with E-state index < -0.39 is 35.6 Å². The predicted octanol–water partition coefficient (Wildman–Crippen LogP) is 4.75. The minimum Gasteiger partial charge on any atom is -0.497 e. The normalized spacial score (nSPS) is 12.1. The lowest BCUT2D eigenvalue weighted by Gasteiger charge is -2.19. The number of methoxy groups -OCH3 is 1. The van der Waals surface area contributed by atoms with Crippen molar-refractivity contribution in [2.45, 2.75) is 24.0 Å². The van der Waals surface area contributed by atoms with Gasteiger partial charge in [-0.2, -0.15) is 13.2 Å².